The van der Waals surface area contributed by atoms with E-state index in [4.69, 9.17) is 4.74 Å². The molecule has 3 rings (SSSR count). The number of fused-ring (bicyclic) bond motifs is 1. The van der Waals surface area contributed by atoms with Crippen molar-refractivity contribution in [3.8, 4) is 5.75 Å². The number of hydrogen-bond acceptors (Lipinski definition) is 5. The standard InChI is InChI=1S/C17H17N3O3S/c1-11(2)23-15-8-3-5-12-10-18-17(20-16(12)15)19-13-6-4-7-14(9-13)24(21)22/h3-11H,1-2H3,(H,21,22)(H,18,19,20). The molecule has 1 atom stereocenters. The Hall–Kier alpha value is -2.51. The molecule has 0 amide bonds. The third-order valence-corrected chi connectivity index (χ3v) is 3.89. The average molecular weight is 343 g/mol. The molecular formula is C17H17N3O3S. The summed E-state index contributed by atoms with van der Waals surface area (Å²) in [7, 11) is 0. The number of nitrogens with zero attached hydrogens (tertiary/aromatic N) is 2. The Labute approximate surface area is 142 Å². The second-order valence-electron chi connectivity index (χ2n) is 5.46. The first-order valence-electron chi connectivity index (χ1n) is 7.43. The molecule has 1 heterocycles. The van der Waals surface area contributed by atoms with Crippen LogP contribution in [-0.4, -0.2) is 24.8 Å². The van der Waals surface area contributed by atoms with Gasteiger partial charge in [0.25, 0.3) is 0 Å². The molecule has 6 nitrogen and oxygen atoms in total. The van der Waals surface area contributed by atoms with E-state index in [-0.39, 0.29) is 6.10 Å². The van der Waals surface area contributed by atoms with Gasteiger partial charge in [-0.3, -0.25) is 0 Å². The van der Waals surface area contributed by atoms with Gasteiger partial charge in [-0.05, 0) is 38.1 Å². The summed E-state index contributed by atoms with van der Waals surface area (Å²) in [5, 5.41) is 3.93. The van der Waals surface area contributed by atoms with Crippen LogP contribution in [0.2, 0.25) is 0 Å². The van der Waals surface area contributed by atoms with E-state index in [1.54, 1.807) is 30.5 Å². The summed E-state index contributed by atoms with van der Waals surface area (Å²) in [6, 6.07) is 12.3. The Morgan fingerprint density at radius 2 is 2.00 bits per heavy atom. The van der Waals surface area contributed by atoms with Crippen molar-refractivity contribution in [2.75, 3.05) is 5.32 Å². The highest BCUT2D eigenvalue weighted by atomic mass is 32.2. The van der Waals surface area contributed by atoms with E-state index >= 15 is 0 Å². The smallest absolute Gasteiger partial charge is 0.227 e. The molecule has 2 N–H and O–H groups in total. The van der Waals surface area contributed by atoms with Gasteiger partial charge in [0.1, 0.15) is 11.3 Å². The number of benzene rings is 2. The minimum atomic E-state index is -2.03. The topological polar surface area (TPSA) is 84.3 Å². The van der Waals surface area contributed by atoms with E-state index < -0.39 is 11.1 Å². The van der Waals surface area contributed by atoms with Crippen molar-refractivity contribution in [2.24, 2.45) is 0 Å². The van der Waals surface area contributed by atoms with Crippen LogP contribution in [0.5, 0.6) is 5.75 Å². The van der Waals surface area contributed by atoms with Crippen LogP contribution in [0.1, 0.15) is 13.8 Å². The number of rotatable bonds is 5. The lowest BCUT2D eigenvalue weighted by atomic mass is 10.2. The molecular weight excluding hydrogens is 326 g/mol. The summed E-state index contributed by atoms with van der Waals surface area (Å²) in [6.07, 6.45) is 1.75. The summed E-state index contributed by atoms with van der Waals surface area (Å²) in [5.41, 5.74) is 1.35. The minimum Gasteiger partial charge on any atom is -0.489 e. The number of ether oxygens (including phenoxy) is 1. The van der Waals surface area contributed by atoms with Crippen LogP contribution < -0.4 is 10.1 Å². The highest BCUT2D eigenvalue weighted by Crippen LogP contribution is 2.26. The lowest BCUT2D eigenvalue weighted by molar-refractivity contribution is 0.245. The Kier molecular flexibility index (Phi) is 4.73. The molecule has 0 spiro atoms. The summed E-state index contributed by atoms with van der Waals surface area (Å²) < 4.78 is 26.1. The van der Waals surface area contributed by atoms with Gasteiger partial charge in [0, 0.05) is 17.3 Å². The number of aromatic nitrogens is 2. The Morgan fingerprint density at radius 1 is 1.21 bits per heavy atom. The van der Waals surface area contributed by atoms with Crippen LogP contribution >= 0.6 is 0 Å². The molecule has 0 radical (unpaired) electrons. The van der Waals surface area contributed by atoms with Crippen LogP contribution in [0, 0.1) is 0 Å². The van der Waals surface area contributed by atoms with Crippen molar-refractivity contribution in [1.29, 1.82) is 0 Å². The van der Waals surface area contributed by atoms with Gasteiger partial charge in [-0.2, -0.15) is 0 Å². The Balaban J connectivity index is 1.95. The second-order valence-corrected chi connectivity index (χ2v) is 6.43. The summed E-state index contributed by atoms with van der Waals surface area (Å²) in [6.45, 7) is 3.92. The summed E-state index contributed by atoms with van der Waals surface area (Å²) in [4.78, 5) is 9.10. The van der Waals surface area contributed by atoms with E-state index in [0.717, 1.165) is 5.39 Å². The molecule has 0 fully saturated rings. The van der Waals surface area contributed by atoms with Gasteiger partial charge in [-0.1, -0.05) is 18.2 Å². The molecule has 0 aliphatic heterocycles. The zero-order chi connectivity index (χ0) is 17.1. The molecule has 0 bridgehead atoms. The molecule has 7 heteroatoms. The summed E-state index contributed by atoms with van der Waals surface area (Å²) >= 11 is -2.03. The van der Waals surface area contributed by atoms with Gasteiger partial charge in [-0.25, -0.2) is 14.2 Å². The number of para-hydroxylation sites is 1. The van der Waals surface area contributed by atoms with Gasteiger partial charge < -0.3 is 14.6 Å². The van der Waals surface area contributed by atoms with Gasteiger partial charge in [0.05, 0.1) is 11.0 Å². The lowest BCUT2D eigenvalue weighted by Gasteiger charge is -2.12. The predicted octanol–water partition coefficient (Wildman–Crippen LogP) is 3.74. The first-order valence-corrected chi connectivity index (χ1v) is 8.54. The summed E-state index contributed by atoms with van der Waals surface area (Å²) in [5.74, 6) is 1.08. The first-order chi connectivity index (χ1) is 11.5. The Morgan fingerprint density at radius 3 is 2.75 bits per heavy atom. The van der Waals surface area contributed by atoms with E-state index in [1.807, 2.05) is 32.0 Å². The molecule has 2 aromatic carbocycles. The van der Waals surface area contributed by atoms with E-state index in [9.17, 15) is 8.76 Å². The third-order valence-electron chi connectivity index (χ3n) is 3.23. The van der Waals surface area contributed by atoms with E-state index in [1.165, 1.54) is 0 Å². The van der Waals surface area contributed by atoms with Crippen molar-refractivity contribution >= 4 is 33.6 Å². The molecule has 0 aliphatic carbocycles. The monoisotopic (exact) mass is 343 g/mol. The van der Waals surface area contributed by atoms with Crippen molar-refractivity contribution < 1.29 is 13.5 Å². The fraction of sp³-hybridized carbons (Fsp3) is 0.176. The highest BCUT2D eigenvalue weighted by molar-refractivity contribution is 7.79. The molecule has 1 unspecified atom stereocenters. The van der Waals surface area contributed by atoms with Crippen LogP contribution in [-0.2, 0) is 11.1 Å². The Bertz CT molecular complexity index is 899. The maximum atomic E-state index is 11.2. The molecule has 0 saturated carbocycles. The van der Waals surface area contributed by atoms with Crippen molar-refractivity contribution in [3.05, 3.63) is 48.7 Å². The SMILES string of the molecule is CC(C)Oc1cccc2cnc(Nc3cccc(S(=O)O)c3)nc12. The van der Waals surface area contributed by atoms with Crippen LogP contribution in [0.25, 0.3) is 10.9 Å². The minimum absolute atomic E-state index is 0.0400. The van der Waals surface area contributed by atoms with Gasteiger partial charge in [-0.15, -0.1) is 0 Å². The van der Waals surface area contributed by atoms with Gasteiger partial charge >= 0.3 is 0 Å². The van der Waals surface area contributed by atoms with Crippen LogP contribution in [0.15, 0.2) is 53.6 Å². The van der Waals surface area contributed by atoms with Crippen LogP contribution in [0.4, 0.5) is 11.6 Å². The molecule has 1 aromatic heterocycles. The van der Waals surface area contributed by atoms with Crippen LogP contribution in [0.3, 0.4) is 0 Å². The van der Waals surface area contributed by atoms with Crippen molar-refractivity contribution in [2.45, 2.75) is 24.8 Å². The zero-order valence-electron chi connectivity index (χ0n) is 13.3. The molecule has 3 aromatic rings. The third kappa shape index (κ3) is 3.69. The van der Waals surface area contributed by atoms with E-state index in [0.29, 0.717) is 27.8 Å². The quantitative estimate of drug-likeness (QED) is 0.687. The molecule has 0 aliphatic rings. The lowest BCUT2D eigenvalue weighted by Crippen LogP contribution is -2.06. The maximum absolute atomic E-state index is 11.2. The normalized spacial score (nSPS) is 12.3. The van der Waals surface area contributed by atoms with Crippen molar-refractivity contribution in [3.63, 3.8) is 0 Å². The number of hydrogen-bond donors (Lipinski definition) is 2. The largest absolute Gasteiger partial charge is 0.489 e. The second kappa shape index (κ2) is 6.94. The maximum Gasteiger partial charge on any atom is 0.227 e. The van der Waals surface area contributed by atoms with E-state index in [2.05, 4.69) is 15.3 Å². The molecule has 0 saturated heterocycles. The highest BCUT2D eigenvalue weighted by Gasteiger charge is 2.08. The predicted molar refractivity (Wildman–Crippen MR) is 94.1 cm³/mol. The first kappa shape index (κ1) is 16.4. The fourth-order valence-electron chi connectivity index (χ4n) is 2.25. The number of anilines is 2. The van der Waals surface area contributed by atoms with Gasteiger partial charge in [0.15, 0.2) is 11.1 Å². The molecule has 24 heavy (non-hydrogen) atoms. The van der Waals surface area contributed by atoms with Gasteiger partial charge in [0.2, 0.25) is 5.95 Å². The number of nitrogens with one attached hydrogen (secondary N) is 1. The zero-order valence-corrected chi connectivity index (χ0v) is 14.1. The molecule has 124 valence electrons. The van der Waals surface area contributed by atoms with Crippen molar-refractivity contribution in [1.82, 2.24) is 9.97 Å². The average Bonchev–Trinajstić information content (AvgIpc) is 2.55. The fourth-order valence-corrected chi connectivity index (χ4v) is 2.67.